The SMILES string of the molecule is CC(C)(C)c1nc(C(O)Cc2ccc(F)c(Br)c2)cs1. The zero-order valence-corrected chi connectivity index (χ0v) is 14.1. The van der Waals surface area contributed by atoms with Crippen molar-refractivity contribution in [3.63, 3.8) is 0 Å². The number of thiazole rings is 1. The van der Waals surface area contributed by atoms with Crippen molar-refractivity contribution in [2.75, 3.05) is 0 Å². The predicted molar refractivity (Wildman–Crippen MR) is 83.6 cm³/mol. The van der Waals surface area contributed by atoms with Crippen molar-refractivity contribution in [3.8, 4) is 0 Å². The molecule has 0 radical (unpaired) electrons. The van der Waals surface area contributed by atoms with Crippen LogP contribution in [0.1, 0.15) is 43.1 Å². The van der Waals surface area contributed by atoms with E-state index in [0.29, 0.717) is 16.6 Å². The van der Waals surface area contributed by atoms with E-state index in [0.717, 1.165) is 10.6 Å². The van der Waals surface area contributed by atoms with Gasteiger partial charge < -0.3 is 5.11 Å². The minimum Gasteiger partial charge on any atom is -0.386 e. The highest BCUT2D eigenvalue weighted by molar-refractivity contribution is 9.10. The van der Waals surface area contributed by atoms with Gasteiger partial charge in [-0.25, -0.2) is 9.37 Å². The Morgan fingerprint density at radius 1 is 1.40 bits per heavy atom. The number of aliphatic hydroxyl groups excluding tert-OH is 1. The van der Waals surface area contributed by atoms with Gasteiger partial charge in [0.05, 0.1) is 15.2 Å². The van der Waals surface area contributed by atoms with Crippen molar-refractivity contribution in [1.29, 1.82) is 0 Å². The summed E-state index contributed by atoms with van der Waals surface area (Å²) in [7, 11) is 0. The average Bonchev–Trinajstić information content (AvgIpc) is 2.83. The highest BCUT2D eigenvalue weighted by atomic mass is 79.9. The molecule has 2 aromatic rings. The van der Waals surface area contributed by atoms with Gasteiger partial charge in [0.25, 0.3) is 0 Å². The summed E-state index contributed by atoms with van der Waals surface area (Å²) in [5.41, 5.74) is 1.54. The molecule has 1 N–H and O–H groups in total. The minimum absolute atomic E-state index is 0.0124. The van der Waals surface area contributed by atoms with Crippen molar-refractivity contribution in [2.24, 2.45) is 0 Å². The van der Waals surface area contributed by atoms with E-state index in [2.05, 4.69) is 41.7 Å². The Hall–Kier alpha value is -0.780. The van der Waals surface area contributed by atoms with Crippen LogP contribution in [0.3, 0.4) is 0 Å². The molecule has 1 aromatic heterocycles. The van der Waals surface area contributed by atoms with E-state index in [1.165, 1.54) is 6.07 Å². The first kappa shape index (κ1) is 15.6. The quantitative estimate of drug-likeness (QED) is 0.869. The Morgan fingerprint density at radius 3 is 2.65 bits per heavy atom. The van der Waals surface area contributed by atoms with E-state index in [4.69, 9.17) is 0 Å². The number of halogens is 2. The number of hydrogen-bond acceptors (Lipinski definition) is 3. The third-order valence-electron chi connectivity index (χ3n) is 2.92. The number of rotatable bonds is 3. The van der Waals surface area contributed by atoms with E-state index in [-0.39, 0.29) is 11.2 Å². The first-order valence-corrected chi connectivity index (χ1v) is 8.02. The number of hydrogen-bond donors (Lipinski definition) is 1. The lowest BCUT2D eigenvalue weighted by atomic mass is 9.98. The second kappa shape index (κ2) is 5.92. The monoisotopic (exact) mass is 357 g/mol. The van der Waals surface area contributed by atoms with E-state index in [9.17, 15) is 9.50 Å². The molecular formula is C15H17BrFNOS. The van der Waals surface area contributed by atoms with Gasteiger partial charge in [-0.3, -0.25) is 0 Å². The fourth-order valence-corrected chi connectivity index (χ4v) is 3.16. The summed E-state index contributed by atoms with van der Waals surface area (Å²) in [4.78, 5) is 4.50. The maximum Gasteiger partial charge on any atom is 0.137 e. The molecule has 1 heterocycles. The summed E-state index contributed by atoms with van der Waals surface area (Å²) < 4.78 is 13.6. The number of aromatic nitrogens is 1. The molecule has 1 aromatic carbocycles. The summed E-state index contributed by atoms with van der Waals surface area (Å²) in [6, 6.07) is 4.77. The van der Waals surface area contributed by atoms with Crippen LogP contribution >= 0.6 is 27.3 Å². The molecule has 0 aliphatic heterocycles. The number of benzene rings is 1. The van der Waals surface area contributed by atoms with E-state index in [1.54, 1.807) is 23.5 Å². The fraction of sp³-hybridized carbons (Fsp3) is 0.400. The second-order valence-electron chi connectivity index (χ2n) is 5.80. The van der Waals surface area contributed by atoms with Crippen LogP contribution in [0.25, 0.3) is 0 Å². The Labute approximate surface area is 130 Å². The van der Waals surface area contributed by atoms with Gasteiger partial charge in [0.1, 0.15) is 11.9 Å². The molecule has 1 unspecified atom stereocenters. The van der Waals surface area contributed by atoms with Crippen molar-refractivity contribution in [2.45, 2.75) is 38.7 Å². The average molecular weight is 358 g/mol. The van der Waals surface area contributed by atoms with E-state index >= 15 is 0 Å². The molecule has 108 valence electrons. The lowest BCUT2D eigenvalue weighted by Crippen LogP contribution is -2.11. The highest BCUT2D eigenvalue weighted by Gasteiger charge is 2.20. The first-order chi connectivity index (χ1) is 9.27. The van der Waals surface area contributed by atoms with Gasteiger partial charge in [0.15, 0.2) is 0 Å². The Bertz CT molecular complexity index is 606. The molecule has 0 saturated heterocycles. The van der Waals surface area contributed by atoms with Crippen molar-refractivity contribution in [1.82, 2.24) is 4.98 Å². The molecule has 0 aliphatic carbocycles. The van der Waals surface area contributed by atoms with Crippen LogP contribution in [0.15, 0.2) is 28.1 Å². The molecule has 0 fully saturated rings. The predicted octanol–water partition coefficient (Wildman–Crippen LogP) is 4.62. The zero-order chi connectivity index (χ0) is 14.9. The van der Waals surface area contributed by atoms with E-state index in [1.807, 2.05) is 5.38 Å². The smallest absolute Gasteiger partial charge is 0.137 e. The Kier molecular flexibility index (Phi) is 4.62. The molecule has 5 heteroatoms. The van der Waals surface area contributed by atoms with Gasteiger partial charge in [-0.05, 0) is 33.6 Å². The topological polar surface area (TPSA) is 33.1 Å². The maximum absolute atomic E-state index is 13.2. The highest BCUT2D eigenvalue weighted by Crippen LogP contribution is 2.29. The van der Waals surface area contributed by atoms with Gasteiger partial charge in [-0.2, -0.15) is 0 Å². The van der Waals surface area contributed by atoms with Crippen molar-refractivity contribution < 1.29 is 9.50 Å². The second-order valence-corrected chi connectivity index (χ2v) is 7.51. The molecule has 0 spiro atoms. The molecule has 0 amide bonds. The molecule has 20 heavy (non-hydrogen) atoms. The Morgan fingerprint density at radius 2 is 2.10 bits per heavy atom. The van der Waals surface area contributed by atoms with Crippen LogP contribution in [0.5, 0.6) is 0 Å². The number of aliphatic hydroxyl groups is 1. The molecule has 0 aliphatic rings. The van der Waals surface area contributed by atoms with Gasteiger partial charge in [0, 0.05) is 17.2 Å². The van der Waals surface area contributed by atoms with Gasteiger partial charge in [0.2, 0.25) is 0 Å². The van der Waals surface area contributed by atoms with Crippen molar-refractivity contribution in [3.05, 3.63) is 50.1 Å². The van der Waals surface area contributed by atoms with Crippen LogP contribution in [-0.2, 0) is 11.8 Å². The third-order valence-corrected chi connectivity index (χ3v) is 4.81. The largest absolute Gasteiger partial charge is 0.386 e. The van der Waals surface area contributed by atoms with Crippen LogP contribution in [-0.4, -0.2) is 10.1 Å². The fourth-order valence-electron chi connectivity index (χ4n) is 1.78. The molecule has 2 rings (SSSR count). The van der Waals surface area contributed by atoms with E-state index < -0.39 is 6.10 Å². The summed E-state index contributed by atoms with van der Waals surface area (Å²) in [6.07, 6.45) is -0.244. The zero-order valence-electron chi connectivity index (χ0n) is 11.7. The minimum atomic E-state index is -0.667. The number of nitrogens with zero attached hydrogens (tertiary/aromatic N) is 1. The van der Waals surface area contributed by atoms with Gasteiger partial charge in [-0.15, -0.1) is 11.3 Å². The summed E-state index contributed by atoms with van der Waals surface area (Å²) in [5.74, 6) is -0.299. The lowest BCUT2D eigenvalue weighted by Gasteiger charge is -2.14. The third kappa shape index (κ3) is 3.65. The van der Waals surface area contributed by atoms with Crippen molar-refractivity contribution >= 4 is 27.3 Å². The lowest BCUT2D eigenvalue weighted by molar-refractivity contribution is 0.174. The molecule has 0 saturated carbocycles. The normalized spacial score (nSPS) is 13.5. The molecular weight excluding hydrogens is 341 g/mol. The molecule has 0 bridgehead atoms. The summed E-state index contributed by atoms with van der Waals surface area (Å²) >= 11 is 4.71. The van der Waals surface area contributed by atoms with Gasteiger partial charge >= 0.3 is 0 Å². The molecule has 1 atom stereocenters. The standard InChI is InChI=1S/C15H17BrFNOS/c1-15(2,3)14-18-12(8-20-14)13(19)7-9-4-5-11(17)10(16)6-9/h4-6,8,13,19H,7H2,1-3H3. The van der Waals surface area contributed by atoms with Crippen LogP contribution in [0, 0.1) is 5.82 Å². The molecule has 2 nitrogen and oxygen atoms in total. The summed E-state index contributed by atoms with van der Waals surface area (Å²) in [5, 5.41) is 13.1. The maximum atomic E-state index is 13.2. The van der Waals surface area contributed by atoms with Crippen LogP contribution in [0.4, 0.5) is 4.39 Å². The first-order valence-electron chi connectivity index (χ1n) is 6.35. The van der Waals surface area contributed by atoms with Crippen LogP contribution in [0.2, 0.25) is 0 Å². The Balaban J connectivity index is 2.13. The van der Waals surface area contributed by atoms with Gasteiger partial charge in [-0.1, -0.05) is 26.8 Å². The summed E-state index contributed by atoms with van der Waals surface area (Å²) in [6.45, 7) is 6.29. The van der Waals surface area contributed by atoms with Crippen LogP contribution < -0.4 is 0 Å².